The van der Waals surface area contributed by atoms with Crippen molar-refractivity contribution in [3.05, 3.63) is 46.1 Å². The Morgan fingerprint density at radius 2 is 1.85 bits per heavy atom. The monoisotopic (exact) mass is 547 g/mol. The molecule has 3 rings (SSSR count). The number of hydrogen-bond donors (Lipinski definition) is 5. The third-order valence-corrected chi connectivity index (χ3v) is 7.27. The molecule has 0 radical (unpaired) electrons. The van der Waals surface area contributed by atoms with Gasteiger partial charge in [0, 0.05) is 30.5 Å². The minimum absolute atomic E-state index is 0.120. The molecule has 5 atom stereocenters. The van der Waals surface area contributed by atoms with E-state index in [1.54, 1.807) is 0 Å². The third-order valence-electron chi connectivity index (χ3n) is 7.27. The molecule has 0 unspecified atom stereocenters. The van der Waals surface area contributed by atoms with Gasteiger partial charge in [-0.25, -0.2) is 0 Å². The van der Waals surface area contributed by atoms with Gasteiger partial charge >= 0.3 is 0 Å². The number of ether oxygens (including phenoxy) is 2. The number of Topliss-reactive ketones (excluding diaryl/α,β-unsaturated/α-hetero) is 1. The first-order valence-corrected chi connectivity index (χ1v) is 13.8. The van der Waals surface area contributed by atoms with Gasteiger partial charge in [0.2, 0.25) is 12.2 Å². The number of carbonyl (C=O) groups is 1. The Labute approximate surface area is 231 Å². The average Bonchev–Trinajstić information content (AvgIpc) is 3.28. The molecule has 0 aliphatic carbocycles. The molecule has 0 saturated carbocycles. The van der Waals surface area contributed by atoms with Crippen LogP contribution in [0, 0.1) is 6.92 Å². The summed E-state index contributed by atoms with van der Waals surface area (Å²) in [4.78, 5) is 14.3. The maximum absolute atomic E-state index is 12.2. The molecule has 1 aromatic carbocycles. The van der Waals surface area contributed by atoms with Crippen LogP contribution >= 0.6 is 0 Å². The predicted octanol–water partition coefficient (Wildman–Crippen LogP) is 1.84. The largest absolute Gasteiger partial charge is 0.443 e. The fourth-order valence-electron chi connectivity index (χ4n) is 4.89. The molecule has 5 N–H and O–H groups in total. The molecule has 0 spiro atoms. The normalized spacial score (nSPS) is 23.5. The summed E-state index contributed by atoms with van der Waals surface area (Å²) in [5.74, 6) is 0.673. The summed E-state index contributed by atoms with van der Waals surface area (Å²) >= 11 is 0. The molecule has 218 valence electrons. The summed E-state index contributed by atoms with van der Waals surface area (Å²) in [5.41, 5.74) is 5.07. The summed E-state index contributed by atoms with van der Waals surface area (Å²) in [7, 11) is 4.03. The lowest BCUT2D eigenvalue weighted by molar-refractivity contribution is -0.278. The molecule has 2 heterocycles. The first-order valence-electron chi connectivity index (χ1n) is 13.8. The lowest BCUT2D eigenvalue weighted by atomic mass is 9.94. The Morgan fingerprint density at radius 3 is 2.49 bits per heavy atom. The van der Waals surface area contributed by atoms with Crippen LogP contribution in [0.4, 0.5) is 0 Å². The van der Waals surface area contributed by atoms with Crippen LogP contribution in [-0.2, 0) is 22.4 Å². The topological polar surface area (TPSA) is 148 Å². The fraction of sp³-hybridized carbons (Fsp3) is 0.655. The molecule has 10 heteroatoms. The highest BCUT2D eigenvalue weighted by Crippen LogP contribution is 2.32. The number of aryl methyl sites for hydroxylation is 2. The minimum Gasteiger partial charge on any atom is -0.443 e. The summed E-state index contributed by atoms with van der Waals surface area (Å²) < 4.78 is 11.4. The number of rotatable bonds is 14. The van der Waals surface area contributed by atoms with Crippen molar-refractivity contribution in [2.45, 2.75) is 95.9 Å². The summed E-state index contributed by atoms with van der Waals surface area (Å²) in [5, 5.41) is 47.4. The molecular formula is C29H45N3O7. The molecule has 1 aliphatic heterocycles. The number of carbonyl (C=O) groups excluding carboxylic acids is 1. The van der Waals surface area contributed by atoms with Crippen LogP contribution in [0.3, 0.4) is 0 Å². The van der Waals surface area contributed by atoms with E-state index in [1.165, 1.54) is 5.56 Å². The van der Waals surface area contributed by atoms with E-state index < -0.39 is 37.3 Å². The Balaban J connectivity index is 1.67. The Hall–Kier alpha value is -2.34. The quantitative estimate of drug-likeness (QED) is 0.239. The number of aromatic nitrogens is 2. The molecular weight excluding hydrogens is 502 g/mol. The lowest BCUT2D eigenvalue weighted by Crippen LogP contribution is -2.60. The Morgan fingerprint density at radius 1 is 1.13 bits per heavy atom. The van der Waals surface area contributed by atoms with E-state index in [4.69, 9.17) is 9.47 Å². The smallest absolute Gasteiger partial charge is 0.238 e. The number of aromatic amines is 1. The number of nitrogens with one attached hydrogen (secondary N) is 1. The summed E-state index contributed by atoms with van der Waals surface area (Å²) in [6, 6.07) is 6.32. The van der Waals surface area contributed by atoms with Crippen LogP contribution in [-0.4, -0.2) is 99.3 Å². The van der Waals surface area contributed by atoms with Gasteiger partial charge in [0.1, 0.15) is 30.2 Å². The molecule has 10 nitrogen and oxygen atoms in total. The average molecular weight is 548 g/mol. The van der Waals surface area contributed by atoms with E-state index in [2.05, 4.69) is 40.2 Å². The number of benzene rings is 1. The first kappa shape index (κ1) is 31.2. The number of ketones is 1. The Bertz CT molecular complexity index is 1070. The van der Waals surface area contributed by atoms with Crippen LogP contribution < -0.4 is 4.74 Å². The van der Waals surface area contributed by atoms with E-state index >= 15 is 0 Å². The maximum atomic E-state index is 12.2. The van der Waals surface area contributed by atoms with E-state index in [9.17, 15) is 25.2 Å². The summed E-state index contributed by atoms with van der Waals surface area (Å²) in [6.45, 7) is 6.51. The van der Waals surface area contributed by atoms with Gasteiger partial charge in [-0.1, -0.05) is 32.0 Å². The minimum atomic E-state index is -1.53. The zero-order valence-electron chi connectivity index (χ0n) is 23.8. The highest BCUT2D eigenvalue weighted by atomic mass is 16.7. The zero-order chi connectivity index (χ0) is 28.7. The van der Waals surface area contributed by atoms with E-state index in [0.717, 1.165) is 48.2 Å². The maximum Gasteiger partial charge on any atom is 0.238 e. The SMILES string of the molecule is Cc1cc(CCCC(=O)CCCN(C)C)ccc1Cc1c(O[C@@H]2O[C@H](CO)[C@@H](O)[C@H](O)[C@H]2O)n[nH]c1C(C)C. The number of H-pyrrole nitrogens is 1. The molecule has 2 aromatic rings. The first-order chi connectivity index (χ1) is 18.5. The van der Waals surface area contributed by atoms with Gasteiger partial charge in [-0.3, -0.25) is 9.89 Å². The van der Waals surface area contributed by atoms with Crippen LogP contribution in [0.2, 0.25) is 0 Å². The summed E-state index contributed by atoms with van der Waals surface area (Å²) in [6.07, 6.45) is -2.57. The van der Waals surface area contributed by atoms with E-state index in [1.807, 2.05) is 27.9 Å². The molecule has 1 saturated heterocycles. The molecule has 1 fully saturated rings. The van der Waals surface area contributed by atoms with Crippen LogP contribution in [0.1, 0.15) is 73.4 Å². The van der Waals surface area contributed by atoms with Gasteiger partial charge < -0.3 is 34.8 Å². The third kappa shape index (κ3) is 8.33. The highest BCUT2D eigenvalue weighted by molar-refractivity contribution is 5.78. The standard InChI is InChI=1S/C29H45N3O7/c1-17(2)24-22(28(31-30-24)39-29-27(37)26(36)25(35)23(16-33)38-29)15-20-12-11-19(14-18(20)3)8-6-9-21(34)10-7-13-32(4)5/h11-12,14,17,23,25-27,29,33,35-37H,6-10,13,15-16H2,1-5H3,(H,30,31)/t23-,25-,26+,27-,29+/m1/s1. The van der Waals surface area contributed by atoms with Gasteiger partial charge in [0.25, 0.3) is 0 Å². The van der Waals surface area contributed by atoms with Crippen LogP contribution in [0.15, 0.2) is 18.2 Å². The number of nitrogens with zero attached hydrogens (tertiary/aromatic N) is 2. The second kappa shape index (κ2) is 14.3. The Kier molecular flexibility index (Phi) is 11.5. The van der Waals surface area contributed by atoms with E-state index in [-0.39, 0.29) is 11.8 Å². The second-order valence-electron chi connectivity index (χ2n) is 11.1. The van der Waals surface area contributed by atoms with Crippen LogP contribution in [0.5, 0.6) is 5.88 Å². The lowest BCUT2D eigenvalue weighted by Gasteiger charge is -2.39. The number of aliphatic hydroxyl groups excluding tert-OH is 4. The molecule has 0 bridgehead atoms. The van der Waals surface area contributed by atoms with Crippen molar-refractivity contribution in [1.29, 1.82) is 0 Å². The van der Waals surface area contributed by atoms with Crippen molar-refractivity contribution in [3.63, 3.8) is 0 Å². The van der Waals surface area contributed by atoms with Crippen molar-refractivity contribution in [2.75, 3.05) is 27.2 Å². The van der Waals surface area contributed by atoms with Gasteiger partial charge in [-0.2, -0.15) is 0 Å². The number of aliphatic hydroxyl groups is 4. The van der Waals surface area contributed by atoms with E-state index in [0.29, 0.717) is 25.0 Å². The second-order valence-corrected chi connectivity index (χ2v) is 11.1. The van der Waals surface area contributed by atoms with Crippen molar-refractivity contribution in [1.82, 2.24) is 15.1 Å². The zero-order valence-corrected chi connectivity index (χ0v) is 23.8. The van der Waals surface area contributed by atoms with Gasteiger partial charge in [0.15, 0.2) is 0 Å². The van der Waals surface area contributed by atoms with Crippen molar-refractivity contribution in [2.24, 2.45) is 0 Å². The molecule has 0 amide bonds. The van der Waals surface area contributed by atoms with Crippen molar-refractivity contribution >= 4 is 5.78 Å². The molecule has 1 aliphatic rings. The van der Waals surface area contributed by atoms with Gasteiger partial charge in [-0.05, 0) is 69.4 Å². The van der Waals surface area contributed by atoms with Crippen molar-refractivity contribution in [3.8, 4) is 5.88 Å². The van der Waals surface area contributed by atoms with Gasteiger partial charge in [-0.15, -0.1) is 5.10 Å². The van der Waals surface area contributed by atoms with Gasteiger partial charge in [0.05, 0.1) is 6.61 Å². The fourth-order valence-corrected chi connectivity index (χ4v) is 4.89. The number of hydrogen-bond acceptors (Lipinski definition) is 9. The highest BCUT2D eigenvalue weighted by Gasteiger charge is 2.45. The van der Waals surface area contributed by atoms with Crippen molar-refractivity contribution < 1.29 is 34.7 Å². The molecule has 39 heavy (non-hydrogen) atoms. The predicted molar refractivity (Wildman–Crippen MR) is 147 cm³/mol. The van der Waals surface area contributed by atoms with Crippen LogP contribution in [0.25, 0.3) is 0 Å². The molecule has 1 aromatic heterocycles.